The summed E-state index contributed by atoms with van der Waals surface area (Å²) in [6.45, 7) is 5.95. The molecule has 1 aliphatic rings. The fraction of sp³-hybridized carbons (Fsp3) is 0.429. The predicted octanol–water partition coefficient (Wildman–Crippen LogP) is 2.66. The number of rotatable bonds is 2. The molecule has 0 saturated carbocycles. The number of nitrogens with one attached hydrogen (secondary N) is 1. The third kappa shape index (κ3) is 3.43. The monoisotopic (exact) mass is 293 g/mol. The minimum absolute atomic E-state index is 0.285. The van der Waals surface area contributed by atoms with Gasteiger partial charge in [0.25, 0.3) is 0 Å². The molecule has 21 heavy (non-hydrogen) atoms. The summed E-state index contributed by atoms with van der Waals surface area (Å²) in [7, 11) is 0. The highest BCUT2D eigenvalue weighted by molar-refractivity contribution is 6.03. The summed E-state index contributed by atoms with van der Waals surface area (Å²) in [6, 6.07) is 6.25. The third-order valence-electron chi connectivity index (χ3n) is 2.93. The lowest BCUT2D eigenvalue weighted by atomic mass is 10.2. The Labute approximate surface area is 123 Å². The normalized spacial score (nSPS) is 15.3. The first-order valence-corrected chi connectivity index (χ1v) is 6.64. The second kappa shape index (κ2) is 5.61. The number of imide groups is 1. The number of amides is 3. The minimum Gasteiger partial charge on any atom is -0.443 e. The molecule has 1 fully saturated rings. The molecule has 0 bridgehead atoms. The van der Waals surface area contributed by atoms with Crippen LogP contribution >= 0.6 is 0 Å². The van der Waals surface area contributed by atoms with Crippen molar-refractivity contribution < 1.29 is 19.5 Å². The Morgan fingerprint density at radius 1 is 1.24 bits per heavy atom. The summed E-state index contributed by atoms with van der Waals surface area (Å²) in [5.41, 5.74) is 2.56. The Balaban J connectivity index is 2.08. The minimum atomic E-state index is -0.640. The molecule has 7 nitrogen and oxygen atoms in total. The Bertz CT molecular complexity index is 536. The molecule has 0 aromatic heterocycles. The van der Waals surface area contributed by atoms with E-state index >= 15 is 0 Å². The van der Waals surface area contributed by atoms with E-state index in [1.165, 1.54) is 4.90 Å². The summed E-state index contributed by atoms with van der Waals surface area (Å²) in [5.74, 6) is 0. The molecule has 0 spiro atoms. The predicted molar refractivity (Wildman–Crippen MR) is 77.5 cm³/mol. The van der Waals surface area contributed by atoms with Gasteiger partial charge in [0.05, 0.1) is 12.2 Å². The van der Waals surface area contributed by atoms with Gasteiger partial charge in [-0.25, -0.2) is 14.5 Å². The van der Waals surface area contributed by atoms with E-state index < -0.39 is 17.7 Å². The number of carbonyl (C=O) groups excluding carboxylic acids is 2. The molecule has 1 aromatic carbocycles. The largest absolute Gasteiger partial charge is 0.443 e. The van der Waals surface area contributed by atoms with E-state index in [-0.39, 0.29) is 6.54 Å². The molecule has 0 unspecified atom stereocenters. The third-order valence-corrected chi connectivity index (χ3v) is 2.93. The van der Waals surface area contributed by atoms with Crippen molar-refractivity contribution in [3.8, 4) is 0 Å². The van der Waals surface area contributed by atoms with Crippen LogP contribution in [0.1, 0.15) is 20.8 Å². The standard InChI is InChI=1S/C14H19N3O4/c1-14(2,3)21-13(19)17-9-8-16(12(17)18)11-6-4-10(15-20)5-7-11/h4-7,15,20H,8-9H2,1-3H3. The number of nitrogens with zero attached hydrogens (tertiary/aromatic N) is 2. The van der Waals surface area contributed by atoms with Gasteiger partial charge in [-0.05, 0) is 45.0 Å². The van der Waals surface area contributed by atoms with Crippen molar-refractivity contribution in [1.29, 1.82) is 0 Å². The molecule has 1 aromatic rings. The topological polar surface area (TPSA) is 82.1 Å². The van der Waals surface area contributed by atoms with E-state index in [0.29, 0.717) is 17.9 Å². The SMILES string of the molecule is CC(C)(C)OC(=O)N1CCN(c2ccc(NO)cc2)C1=O. The van der Waals surface area contributed by atoms with Crippen LogP contribution in [-0.2, 0) is 4.74 Å². The molecule has 7 heteroatoms. The highest BCUT2D eigenvalue weighted by Gasteiger charge is 2.36. The second-order valence-corrected chi connectivity index (χ2v) is 5.72. The van der Waals surface area contributed by atoms with Gasteiger partial charge in [-0.15, -0.1) is 0 Å². The van der Waals surface area contributed by atoms with Gasteiger partial charge in [-0.3, -0.25) is 15.6 Å². The van der Waals surface area contributed by atoms with Crippen molar-refractivity contribution in [3.63, 3.8) is 0 Å². The van der Waals surface area contributed by atoms with Gasteiger partial charge in [-0.1, -0.05) is 0 Å². The van der Waals surface area contributed by atoms with E-state index in [4.69, 9.17) is 9.94 Å². The van der Waals surface area contributed by atoms with Crippen LogP contribution in [0.4, 0.5) is 21.0 Å². The highest BCUT2D eigenvalue weighted by atomic mass is 16.6. The van der Waals surface area contributed by atoms with Gasteiger partial charge in [0.15, 0.2) is 0 Å². The smallest absolute Gasteiger partial charge is 0.418 e. The first-order chi connectivity index (χ1) is 9.81. The zero-order valence-corrected chi connectivity index (χ0v) is 12.3. The molecule has 0 aliphatic carbocycles. The summed E-state index contributed by atoms with van der Waals surface area (Å²) in [5, 5.41) is 8.77. The van der Waals surface area contributed by atoms with Crippen molar-refractivity contribution in [3.05, 3.63) is 24.3 Å². The fourth-order valence-corrected chi connectivity index (χ4v) is 1.98. The number of anilines is 2. The molecule has 2 N–H and O–H groups in total. The number of urea groups is 1. The second-order valence-electron chi connectivity index (χ2n) is 5.72. The average molecular weight is 293 g/mol. The average Bonchev–Trinajstić information content (AvgIpc) is 2.79. The highest BCUT2D eigenvalue weighted by Crippen LogP contribution is 2.23. The van der Waals surface area contributed by atoms with Gasteiger partial charge < -0.3 is 4.74 Å². The molecule has 1 heterocycles. The Morgan fingerprint density at radius 2 is 1.86 bits per heavy atom. The lowest BCUT2D eigenvalue weighted by molar-refractivity contribution is 0.0354. The van der Waals surface area contributed by atoms with E-state index in [2.05, 4.69) is 0 Å². The van der Waals surface area contributed by atoms with Gasteiger partial charge in [0, 0.05) is 12.2 Å². The molecule has 2 rings (SSSR count). The Kier molecular flexibility index (Phi) is 4.04. The van der Waals surface area contributed by atoms with Crippen LogP contribution in [-0.4, -0.2) is 40.9 Å². The Morgan fingerprint density at radius 3 is 2.38 bits per heavy atom. The van der Waals surface area contributed by atoms with Crippen molar-refractivity contribution in [2.24, 2.45) is 0 Å². The van der Waals surface area contributed by atoms with Gasteiger partial charge in [-0.2, -0.15) is 0 Å². The van der Waals surface area contributed by atoms with Gasteiger partial charge >= 0.3 is 12.1 Å². The number of carbonyl (C=O) groups is 2. The molecular weight excluding hydrogens is 274 g/mol. The van der Waals surface area contributed by atoms with Crippen LogP contribution in [0.2, 0.25) is 0 Å². The molecule has 1 aliphatic heterocycles. The van der Waals surface area contributed by atoms with Crippen LogP contribution in [0, 0.1) is 0 Å². The lowest BCUT2D eigenvalue weighted by Crippen LogP contribution is -2.39. The van der Waals surface area contributed by atoms with Crippen LogP contribution in [0.25, 0.3) is 0 Å². The fourth-order valence-electron chi connectivity index (χ4n) is 1.98. The van der Waals surface area contributed by atoms with E-state index in [0.717, 1.165) is 4.90 Å². The first kappa shape index (κ1) is 15.1. The maximum Gasteiger partial charge on any atom is 0.418 e. The number of ether oxygens (including phenoxy) is 1. The van der Waals surface area contributed by atoms with E-state index in [1.54, 1.807) is 45.0 Å². The quantitative estimate of drug-likeness (QED) is 0.819. The van der Waals surface area contributed by atoms with Crippen molar-refractivity contribution in [2.45, 2.75) is 26.4 Å². The summed E-state index contributed by atoms with van der Waals surface area (Å²) >= 11 is 0. The maximum atomic E-state index is 12.3. The zero-order chi connectivity index (χ0) is 15.6. The van der Waals surface area contributed by atoms with Crippen molar-refractivity contribution in [1.82, 2.24) is 4.90 Å². The van der Waals surface area contributed by atoms with E-state index in [9.17, 15) is 9.59 Å². The first-order valence-electron chi connectivity index (χ1n) is 6.64. The number of benzene rings is 1. The van der Waals surface area contributed by atoms with Crippen LogP contribution in [0.5, 0.6) is 0 Å². The molecular formula is C14H19N3O4. The lowest BCUT2D eigenvalue weighted by Gasteiger charge is -2.23. The van der Waals surface area contributed by atoms with E-state index in [1.807, 2.05) is 5.48 Å². The van der Waals surface area contributed by atoms with Crippen LogP contribution in [0.15, 0.2) is 24.3 Å². The zero-order valence-electron chi connectivity index (χ0n) is 12.3. The summed E-state index contributed by atoms with van der Waals surface area (Å²) in [6.07, 6.45) is -0.636. The summed E-state index contributed by atoms with van der Waals surface area (Å²) < 4.78 is 5.21. The van der Waals surface area contributed by atoms with Crippen molar-refractivity contribution in [2.75, 3.05) is 23.5 Å². The van der Waals surface area contributed by atoms with Crippen LogP contribution in [0.3, 0.4) is 0 Å². The molecule has 1 saturated heterocycles. The van der Waals surface area contributed by atoms with Crippen molar-refractivity contribution >= 4 is 23.5 Å². The van der Waals surface area contributed by atoms with Gasteiger partial charge in [0.2, 0.25) is 0 Å². The van der Waals surface area contributed by atoms with Crippen LogP contribution < -0.4 is 10.4 Å². The molecule has 114 valence electrons. The number of hydrogen-bond acceptors (Lipinski definition) is 5. The number of hydrogen-bond donors (Lipinski definition) is 2. The summed E-state index contributed by atoms with van der Waals surface area (Å²) in [4.78, 5) is 26.8. The molecule has 0 radical (unpaired) electrons. The Hall–Kier alpha value is -2.28. The molecule has 0 atom stereocenters. The molecule has 3 amide bonds. The van der Waals surface area contributed by atoms with Gasteiger partial charge in [0.1, 0.15) is 5.60 Å². The maximum absolute atomic E-state index is 12.3.